The Hall–Kier alpha value is -2.84. The molecule has 3 rings (SSSR count). The molecule has 1 atom stereocenters. The van der Waals surface area contributed by atoms with Crippen LogP contribution in [0.25, 0.3) is 10.9 Å². The summed E-state index contributed by atoms with van der Waals surface area (Å²) in [7, 11) is 2.58. The van der Waals surface area contributed by atoms with Crippen molar-refractivity contribution < 1.29 is 19.1 Å². The van der Waals surface area contributed by atoms with Crippen molar-refractivity contribution in [1.82, 2.24) is 9.55 Å². The number of aromatic nitrogens is 2. The van der Waals surface area contributed by atoms with Gasteiger partial charge in [-0.1, -0.05) is 41.6 Å². The predicted molar refractivity (Wildman–Crippen MR) is 115 cm³/mol. The van der Waals surface area contributed by atoms with Crippen molar-refractivity contribution in [3.63, 3.8) is 0 Å². The van der Waals surface area contributed by atoms with Crippen molar-refractivity contribution in [3.8, 4) is 0 Å². The highest BCUT2D eigenvalue weighted by Gasteiger charge is 2.21. The number of carbonyl (C=O) groups excluding carboxylic acids is 2. The summed E-state index contributed by atoms with van der Waals surface area (Å²) in [6.45, 7) is 1.84. The second-order valence-corrected chi connectivity index (χ2v) is 8.10. The minimum Gasteiger partial charge on any atom is -0.468 e. The molecule has 30 heavy (non-hydrogen) atoms. The van der Waals surface area contributed by atoms with Crippen LogP contribution in [0.2, 0.25) is 5.02 Å². The standard InChI is InChI=1S/C21H19ClN2O5S/c1-12(19(26)28-2)30-21-23-17-10-13(20(27)29-3)8-9-15(17)18(25)24(21)11-14-6-4-5-7-16(14)22/h4-10,12H,11H2,1-3H3. The number of hydrogen-bond acceptors (Lipinski definition) is 7. The van der Waals surface area contributed by atoms with Gasteiger partial charge in [-0.3, -0.25) is 14.2 Å². The molecule has 1 heterocycles. The van der Waals surface area contributed by atoms with E-state index >= 15 is 0 Å². The SMILES string of the molecule is COC(=O)c1ccc2c(=O)n(Cc3ccccc3Cl)c(SC(C)C(=O)OC)nc2c1. The van der Waals surface area contributed by atoms with E-state index in [0.717, 1.165) is 17.3 Å². The van der Waals surface area contributed by atoms with Gasteiger partial charge < -0.3 is 9.47 Å². The van der Waals surface area contributed by atoms with Gasteiger partial charge in [0.15, 0.2) is 5.16 Å². The van der Waals surface area contributed by atoms with Crippen LogP contribution in [0.15, 0.2) is 52.4 Å². The Bertz CT molecular complexity index is 1180. The van der Waals surface area contributed by atoms with Gasteiger partial charge in [0.25, 0.3) is 5.56 Å². The van der Waals surface area contributed by atoms with Crippen LogP contribution in [-0.2, 0) is 20.8 Å². The number of nitrogens with zero attached hydrogens (tertiary/aromatic N) is 2. The van der Waals surface area contributed by atoms with Gasteiger partial charge in [-0.2, -0.15) is 0 Å². The van der Waals surface area contributed by atoms with E-state index < -0.39 is 17.2 Å². The van der Waals surface area contributed by atoms with E-state index in [0.29, 0.717) is 21.1 Å². The van der Waals surface area contributed by atoms with Gasteiger partial charge in [0, 0.05) is 5.02 Å². The first-order chi connectivity index (χ1) is 14.3. The number of esters is 2. The van der Waals surface area contributed by atoms with Crippen LogP contribution in [0.4, 0.5) is 0 Å². The third-order valence-corrected chi connectivity index (χ3v) is 5.88. The lowest BCUT2D eigenvalue weighted by Crippen LogP contribution is -2.26. The molecule has 0 saturated carbocycles. The van der Waals surface area contributed by atoms with Crippen molar-refractivity contribution >= 4 is 46.2 Å². The highest BCUT2D eigenvalue weighted by Crippen LogP contribution is 2.25. The largest absolute Gasteiger partial charge is 0.468 e. The summed E-state index contributed by atoms with van der Waals surface area (Å²) in [5.74, 6) is -0.974. The summed E-state index contributed by atoms with van der Waals surface area (Å²) in [6, 6.07) is 11.7. The minimum atomic E-state index is -0.597. The van der Waals surface area contributed by atoms with Crippen LogP contribution in [0.1, 0.15) is 22.8 Å². The fourth-order valence-electron chi connectivity index (χ4n) is 2.84. The van der Waals surface area contributed by atoms with Gasteiger partial charge >= 0.3 is 11.9 Å². The Morgan fingerprint density at radius 1 is 1.17 bits per heavy atom. The number of carbonyl (C=O) groups is 2. The van der Waals surface area contributed by atoms with Crippen molar-refractivity contribution in [2.45, 2.75) is 23.9 Å². The molecule has 0 aliphatic rings. The summed E-state index contributed by atoms with van der Waals surface area (Å²) >= 11 is 7.37. The molecule has 0 amide bonds. The Labute approximate surface area is 182 Å². The second-order valence-electron chi connectivity index (χ2n) is 6.38. The Balaban J connectivity index is 2.18. The first-order valence-electron chi connectivity index (χ1n) is 8.96. The number of benzene rings is 2. The molecular weight excluding hydrogens is 428 g/mol. The number of fused-ring (bicyclic) bond motifs is 1. The zero-order valence-electron chi connectivity index (χ0n) is 16.5. The van der Waals surface area contributed by atoms with Gasteiger partial charge in [0.2, 0.25) is 0 Å². The quantitative estimate of drug-likeness (QED) is 0.325. The van der Waals surface area contributed by atoms with Crippen LogP contribution in [-0.4, -0.2) is 41.0 Å². The lowest BCUT2D eigenvalue weighted by Gasteiger charge is -2.16. The van der Waals surface area contributed by atoms with Crippen LogP contribution < -0.4 is 5.56 Å². The van der Waals surface area contributed by atoms with Crippen molar-refractivity contribution in [2.24, 2.45) is 0 Å². The molecule has 0 spiro atoms. The molecule has 0 fully saturated rings. The first kappa shape index (κ1) is 21.9. The summed E-state index contributed by atoms with van der Waals surface area (Å²) in [5.41, 5.74) is 1.03. The summed E-state index contributed by atoms with van der Waals surface area (Å²) in [4.78, 5) is 41.6. The topological polar surface area (TPSA) is 87.5 Å². The third kappa shape index (κ3) is 4.49. The average molecular weight is 447 g/mol. The van der Waals surface area contributed by atoms with Crippen LogP contribution in [0, 0.1) is 0 Å². The van der Waals surface area contributed by atoms with E-state index in [9.17, 15) is 14.4 Å². The molecule has 1 aromatic heterocycles. The third-order valence-electron chi connectivity index (χ3n) is 4.44. The molecule has 0 N–H and O–H groups in total. The monoisotopic (exact) mass is 446 g/mol. The predicted octanol–water partition coefficient (Wildman–Crippen LogP) is 3.54. The number of halogens is 1. The van der Waals surface area contributed by atoms with Crippen LogP contribution in [0.5, 0.6) is 0 Å². The van der Waals surface area contributed by atoms with Gasteiger partial charge in [0.05, 0.1) is 37.2 Å². The zero-order chi connectivity index (χ0) is 21.8. The molecule has 0 aliphatic carbocycles. The summed E-state index contributed by atoms with van der Waals surface area (Å²) in [5, 5.41) is 0.570. The van der Waals surface area contributed by atoms with Gasteiger partial charge in [-0.15, -0.1) is 0 Å². The van der Waals surface area contributed by atoms with Gasteiger partial charge in [-0.25, -0.2) is 9.78 Å². The fraction of sp³-hybridized carbons (Fsp3) is 0.238. The number of thioether (sulfide) groups is 1. The Morgan fingerprint density at radius 2 is 1.90 bits per heavy atom. The van der Waals surface area contributed by atoms with E-state index in [2.05, 4.69) is 4.98 Å². The first-order valence-corrected chi connectivity index (χ1v) is 10.2. The number of rotatable bonds is 6. The smallest absolute Gasteiger partial charge is 0.337 e. The highest BCUT2D eigenvalue weighted by atomic mass is 35.5. The molecule has 0 radical (unpaired) electrons. The molecule has 156 valence electrons. The number of ether oxygens (including phenoxy) is 2. The molecule has 3 aromatic rings. The molecule has 0 bridgehead atoms. The van der Waals surface area contributed by atoms with Crippen molar-refractivity contribution in [1.29, 1.82) is 0 Å². The molecule has 1 unspecified atom stereocenters. The van der Waals surface area contributed by atoms with Crippen molar-refractivity contribution in [3.05, 3.63) is 69.0 Å². The lowest BCUT2D eigenvalue weighted by molar-refractivity contribution is -0.139. The van der Waals surface area contributed by atoms with Crippen LogP contribution in [0.3, 0.4) is 0 Å². The second kappa shape index (κ2) is 9.32. The van der Waals surface area contributed by atoms with Gasteiger partial charge in [0.1, 0.15) is 5.25 Å². The molecule has 9 heteroatoms. The maximum Gasteiger partial charge on any atom is 0.337 e. The van der Waals surface area contributed by atoms with Gasteiger partial charge in [-0.05, 0) is 36.8 Å². The molecule has 0 saturated heterocycles. The molecule has 0 aliphatic heterocycles. The fourth-order valence-corrected chi connectivity index (χ4v) is 3.97. The molecule has 2 aromatic carbocycles. The Kier molecular flexibility index (Phi) is 6.79. The number of hydrogen-bond donors (Lipinski definition) is 0. The normalized spacial score (nSPS) is 11.9. The average Bonchev–Trinajstić information content (AvgIpc) is 2.75. The maximum absolute atomic E-state index is 13.3. The zero-order valence-corrected chi connectivity index (χ0v) is 18.1. The Morgan fingerprint density at radius 3 is 2.57 bits per heavy atom. The maximum atomic E-state index is 13.3. The van der Waals surface area contributed by atoms with E-state index in [1.807, 2.05) is 12.1 Å². The van der Waals surface area contributed by atoms with Crippen molar-refractivity contribution in [2.75, 3.05) is 14.2 Å². The van der Waals surface area contributed by atoms with E-state index in [1.165, 1.54) is 37.0 Å². The van der Waals surface area contributed by atoms with E-state index in [1.54, 1.807) is 19.1 Å². The number of methoxy groups -OCH3 is 2. The highest BCUT2D eigenvalue weighted by molar-refractivity contribution is 8.00. The lowest BCUT2D eigenvalue weighted by atomic mass is 10.1. The summed E-state index contributed by atoms with van der Waals surface area (Å²) in [6.07, 6.45) is 0. The summed E-state index contributed by atoms with van der Waals surface area (Å²) < 4.78 is 11.0. The van der Waals surface area contributed by atoms with E-state index in [4.69, 9.17) is 21.1 Å². The minimum absolute atomic E-state index is 0.177. The van der Waals surface area contributed by atoms with Crippen LogP contribution >= 0.6 is 23.4 Å². The van der Waals surface area contributed by atoms with E-state index in [-0.39, 0.29) is 17.7 Å². The molecule has 7 nitrogen and oxygen atoms in total. The molecular formula is C21H19ClN2O5S.